The SMILES string of the molecule is CCC1=C(C(=O)OC(C)C)C(c2cc(Br)c(OC)c(OC)c2)NC(=O)N1. The van der Waals surface area contributed by atoms with Crippen LogP contribution in [0.1, 0.15) is 38.8 Å². The number of esters is 1. The Morgan fingerprint density at radius 1 is 1.27 bits per heavy atom. The Bertz CT molecular complexity index is 745. The minimum atomic E-state index is -0.666. The Balaban J connectivity index is 2.59. The highest BCUT2D eigenvalue weighted by atomic mass is 79.9. The molecule has 2 rings (SSSR count). The summed E-state index contributed by atoms with van der Waals surface area (Å²) in [6, 6.07) is 2.48. The molecule has 1 aromatic rings. The second kappa shape index (κ2) is 8.44. The lowest BCUT2D eigenvalue weighted by Crippen LogP contribution is -2.46. The van der Waals surface area contributed by atoms with Crippen LogP contribution in [-0.4, -0.2) is 32.3 Å². The van der Waals surface area contributed by atoms with Gasteiger partial charge < -0.3 is 24.8 Å². The lowest BCUT2D eigenvalue weighted by molar-refractivity contribution is -0.143. The van der Waals surface area contributed by atoms with Crippen molar-refractivity contribution in [2.75, 3.05) is 14.2 Å². The van der Waals surface area contributed by atoms with E-state index < -0.39 is 12.0 Å². The summed E-state index contributed by atoms with van der Waals surface area (Å²) in [4.78, 5) is 24.8. The summed E-state index contributed by atoms with van der Waals surface area (Å²) in [7, 11) is 3.06. The van der Waals surface area contributed by atoms with Gasteiger partial charge in [0.1, 0.15) is 0 Å². The van der Waals surface area contributed by atoms with Crippen molar-refractivity contribution in [1.82, 2.24) is 10.6 Å². The smallest absolute Gasteiger partial charge is 0.338 e. The third-order valence-electron chi connectivity index (χ3n) is 3.86. The van der Waals surface area contributed by atoms with Gasteiger partial charge in [0.05, 0.1) is 36.4 Å². The summed E-state index contributed by atoms with van der Waals surface area (Å²) in [6.45, 7) is 5.42. The average molecular weight is 427 g/mol. The van der Waals surface area contributed by atoms with Crippen LogP contribution in [-0.2, 0) is 9.53 Å². The number of hydrogen-bond acceptors (Lipinski definition) is 5. The highest BCUT2D eigenvalue weighted by Crippen LogP contribution is 2.40. The molecule has 0 bridgehead atoms. The highest BCUT2D eigenvalue weighted by Gasteiger charge is 2.34. The van der Waals surface area contributed by atoms with Crippen LogP contribution >= 0.6 is 15.9 Å². The van der Waals surface area contributed by atoms with Crippen molar-refractivity contribution >= 4 is 27.9 Å². The number of amides is 2. The fourth-order valence-corrected chi connectivity index (χ4v) is 3.39. The molecule has 2 amide bonds. The predicted octanol–water partition coefficient (Wildman–Crippen LogP) is 3.44. The van der Waals surface area contributed by atoms with Crippen LogP contribution in [0.2, 0.25) is 0 Å². The Labute approximate surface area is 161 Å². The van der Waals surface area contributed by atoms with E-state index in [1.807, 2.05) is 6.92 Å². The van der Waals surface area contributed by atoms with Crippen molar-refractivity contribution in [1.29, 1.82) is 0 Å². The van der Waals surface area contributed by atoms with E-state index in [0.717, 1.165) is 0 Å². The normalized spacial score (nSPS) is 16.9. The first kappa shape index (κ1) is 20.1. The van der Waals surface area contributed by atoms with E-state index in [4.69, 9.17) is 14.2 Å². The summed E-state index contributed by atoms with van der Waals surface area (Å²) in [6.07, 6.45) is 0.212. The van der Waals surface area contributed by atoms with Gasteiger partial charge in [0.25, 0.3) is 0 Å². The second-order valence-corrected chi connectivity index (χ2v) is 6.82. The second-order valence-electron chi connectivity index (χ2n) is 5.97. The number of carbonyl (C=O) groups is 2. The fraction of sp³-hybridized carbons (Fsp3) is 0.444. The monoisotopic (exact) mass is 426 g/mol. The Morgan fingerprint density at radius 3 is 2.50 bits per heavy atom. The first-order valence-electron chi connectivity index (χ1n) is 8.25. The predicted molar refractivity (Wildman–Crippen MR) is 100 cm³/mol. The van der Waals surface area contributed by atoms with Crippen molar-refractivity contribution in [3.8, 4) is 11.5 Å². The molecule has 0 aliphatic carbocycles. The van der Waals surface area contributed by atoms with Crippen LogP contribution < -0.4 is 20.1 Å². The molecule has 7 nitrogen and oxygen atoms in total. The number of ether oxygens (including phenoxy) is 3. The molecule has 0 radical (unpaired) electrons. The Hall–Kier alpha value is -2.22. The third kappa shape index (κ3) is 4.12. The van der Waals surface area contributed by atoms with E-state index >= 15 is 0 Å². The molecule has 8 heteroatoms. The molecular formula is C18H23BrN2O5. The largest absolute Gasteiger partial charge is 0.493 e. The summed E-state index contributed by atoms with van der Waals surface area (Å²) < 4.78 is 16.7. The van der Waals surface area contributed by atoms with E-state index in [-0.39, 0.29) is 12.1 Å². The van der Waals surface area contributed by atoms with Gasteiger partial charge in [-0.3, -0.25) is 0 Å². The van der Waals surface area contributed by atoms with E-state index in [1.54, 1.807) is 26.0 Å². The lowest BCUT2D eigenvalue weighted by Gasteiger charge is -2.30. The van der Waals surface area contributed by atoms with E-state index in [9.17, 15) is 9.59 Å². The maximum Gasteiger partial charge on any atom is 0.338 e. The summed E-state index contributed by atoms with van der Waals surface area (Å²) >= 11 is 3.44. The molecule has 0 aromatic heterocycles. The molecule has 1 heterocycles. The lowest BCUT2D eigenvalue weighted by atomic mass is 9.94. The van der Waals surface area contributed by atoms with Crippen LogP contribution in [0, 0.1) is 0 Å². The van der Waals surface area contributed by atoms with Crippen LogP contribution in [0.15, 0.2) is 27.9 Å². The number of rotatable bonds is 6. The Morgan fingerprint density at radius 2 is 1.96 bits per heavy atom. The molecule has 2 N–H and O–H groups in total. The van der Waals surface area contributed by atoms with Crippen LogP contribution in [0.25, 0.3) is 0 Å². The first-order valence-corrected chi connectivity index (χ1v) is 9.04. The maximum atomic E-state index is 12.7. The van der Waals surface area contributed by atoms with Crippen molar-refractivity contribution in [3.05, 3.63) is 33.4 Å². The molecule has 142 valence electrons. The number of nitrogens with one attached hydrogen (secondary N) is 2. The summed E-state index contributed by atoms with van der Waals surface area (Å²) in [5, 5.41) is 5.49. The van der Waals surface area contributed by atoms with Crippen LogP contribution in [0.4, 0.5) is 4.79 Å². The number of urea groups is 1. The topological polar surface area (TPSA) is 85.9 Å². The van der Waals surface area contributed by atoms with Crippen LogP contribution in [0.3, 0.4) is 0 Å². The number of methoxy groups -OCH3 is 2. The van der Waals surface area contributed by atoms with Gasteiger partial charge in [-0.05, 0) is 53.9 Å². The summed E-state index contributed by atoms with van der Waals surface area (Å²) in [5.74, 6) is 0.544. The number of allylic oxidation sites excluding steroid dienone is 1. The standard InChI is InChI=1S/C18H23BrN2O5/c1-6-12-14(17(22)26-9(2)3)15(21-18(23)20-12)10-7-11(19)16(25-5)13(8-10)24-4/h7-9,15H,6H2,1-5H3,(H2,20,21,23). The Kier molecular flexibility index (Phi) is 6.52. The number of carbonyl (C=O) groups excluding carboxylic acids is 2. The van der Waals surface area contributed by atoms with E-state index in [0.29, 0.717) is 39.2 Å². The molecular weight excluding hydrogens is 404 g/mol. The minimum Gasteiger partial charge on any atom is -0.493 e. The number of hydrogen-bond donors (Lipinski definition) is 2. The van der Waals surface area contributed by atoms with E-state index in [1.165, 1.54) is 14.2 Å². The van der Waals surface area contributed by atoms with Crippen molar-refractivity contribution in [3.63, 3.8) is 0 Å². The van der Waals surface area contributed by atoms with Gasteiger partial charge in [0, 0.05) is 5.70 Å². The zero-order chi connectivity index (χ0) is 19.4. The quantitative estimate of drug-likeness (QED) is 0.680. The zero-order valence-electron chi connectivity index (χ0n) is 15.4. The number of halogens is 1. The van der Waals surface area contributed by atoms with Gasteiger partial charge in [-0.2, -0.15) is 0 Å². The van der Waals surface area contributed by atoms with Crippen LogP contribution in [0.5, 0.6) is 11.5 Å². The minimum absolute atomic E-state index is 0.275. The number of benzene rings is 1. The summed E-state index contributed by atoms with van der Waals surface area (Å²) in [5.41, 5.74) is 1.58. The molecule has 1 atom stereocenters. The maximum absolute atomic E-state index is 12.7. The van der Waals surface area contributed by atoms with Gasteiger partial charge in [-0.25, -0.2) is 9.59 Å². The average Bonchev–Trinajstić information content (AvgIpc) is 2.59. The molecule has 1 unspecified atom stereocenters. The zero-order valence-corrected chi connectivity index (χ0v) is 17.0. The molecule has 0 saturated carbocycles. The van der Waals surface area contributed by atoms with Gasteiger partial charge in [0.2, 0.25) is 0 Å². The van der Waals surface area contributed by atoms with Gasteiger partial charge in [0.15, 0.2) is 11.5 Å². The molecule has 0 saturated heterocycles. The van der Waals surface area contributed by atoms with Gasteiger partial charge >= 0.3 is 12.0 Å². The van der Waals surface area contributed by atoms with Crippen molar-refractivity contribution in [2.24, 2.45) is 0 Å². The molecule has 1 aliphatic rings. The molecule has 1 aliphatic heterocycles. The van der Waals surface area contributed by atoms with E-state index in [2.05, 4.69) is 26.6 Å². The molecule has 26 heavy (non-hydrogen) atoms. The third-order valence-corrected chi connectivity index (χ3v) is 4.45. The molecule has 0 spiro atoms. The molecule has 0 fully saturated rings. The van der Waals surface area contributed by atoms with Gasteiger partial charge in [-0.15, -0.1) is 0 Å². The fourth-order valence-electron chi connectivity index (χ4n) is 2.77. The first-order chi connectivity index (χ1) is 12.3. The highest BCUT2D eigenvalue weighted by molar-refractivity contribution is 9.10. The molecule has 1 aromatic carbocycles. The van der Waals surface area contributed by atoms with Gasteiger partial charge in [-0.1, -0.05) is 6.92 Å². The van der Waals surface area contributed by atoms with Crippen molar-refractivity contribution < 1.29 is 23.8 Å². The van der Waals surface area contributed by atoms with Crippen molar-refractivity contribution in [2.45, 2.75) is 39.3 Å².